The van der Waals surface area contributed by atoms with Crippen molar-refractivity contribution >= 4 is 29.1 Å². The molecule has 1 amide bonds. The highest BCUT2D eigenvalue weighted by molar-refractivity contribution is 6.32. The van der Waals surface area contributed by atoms with E-state index in [2.05, 4.69) is 9.88 Å². The fraction of sp³-hybridized carbons (Fsp3) is 0.667. The maximum Gasteiger partial charge on any atom is 0.225 e. The first-order valence-corrected chi connectivity index (χ1v) is 9.65. The smallest absolute Gasteiger partial charge is 0.225 e. The molecule has 138 valence electrons. The first kappa shape index (κ1) is 18.9. The quantitative estimate of drug-likeness (QED) is 0.749. The molecule has 3 rings (SSSR count). The summed E-state index contributed by atoms with van der Waals surface area (Å²) in [5.74, 6) is 0.412. The number of aromatic nitrogens is 1. The Morgan fingerprint density at radius 3 is 2.28 bits per heavy atom. The number of piperidine rings is 1. The van der Waals surface area contributed by atoms with Crippen LogP contribution in [0.2, 0.25) is 10.3 Å². The van der Waals surface area contributed by atoms with Crippen molar-refractivity contribution in [3.05, 3.63) is 28.0 Å². The summed E-state index contributed by atoms with van der Waals surface area (Å²) >= 11 is 11.9. The molecule has 0 bridgehead atoms. The average Bonchev–Trinajstić information content (AvgIpc) is 2.53. The molecule has 7 heteroatoms. The topological polar surface area (TPSA) is 45.7 Å². The normalized spacial score (nSPS) is 26.0. The van der Waals surface area contributed by atoms with Gasteiger partial charge in [-0.2, -0.15) is 0 Å². The molecule has 3 heterocycles. The van der Waals surface area contributed by atoms with Crippen molar-refractivity contribution in [3.8, 4) is 0 Å². The zero-order chi connectivity index (χ0) is 18.0. The molecule has 0 aliphatic carbocycles. The van der Waals surface area contributed by atoms with Crippen LogP contribution in [0.15, 0.2) is 12.1 Å². The Bertz CT molecular complexity index is 590. The maximum atomic E-state index is 12.8. The Labute approximate surface area is 159 Å². The van der Waals surface area contributed by atoms with E-state index >= 15 is 0 Å². The third-order valence-electron chi connectivity index (χ3n) is 4.90. The number of rotatable bonds is 3. The van der Waals surface area contributed by atoms with E-state index < -0.39 is 0 Å². The van der Waals surface area contributed by atoms with Crippen LogP contribution in [-0.4, -0.2) is 59.1 Å². The second-order valence-corrected chi connectivity index (χ2v) is 7.95. The van der Waals surface area contributed by atoms with Crippen LogP contribution in [0.25, 0.3) is 0 Å². The molecule has 2 aliphatic heterocycles. The van der Waals surface area contributed by atoms with Gasteiger partial charge in [0.25, 0.3) is 0 Å². The second-order valence-electron chi connectivity index (χ2n) is 7.17. The fourth-order valence-electron chi connectivity index (χ4n) is 3.82. The summed E-state index contributed by atoms with van der Waals surface area (Å²) in [6.07, 6.45) is 2.03. The lowest BCUT2D eigenvalue weighted by Gasteiger charge is -2.39. The number of hydrogen-bond acceptors (Lipinski definition) is 4. The van der Waals surface area contributed by atoms with Gasteiger partial charge in [-0.1, -0.05) is 23.2 Å². The van der Waals surface area contributed by atoms with Gasteiger partial charge in [-0.25, -0.2) is 4.98 Å². The lowest BCUT2D eigenvalue weighted by Crippen LogP contribution is -2.51. The standard InChI is InChI=1S/C18H25Cl2N3O2/c1-12-9-23(10-13(2)25-12)18(24)15-3-5-22(6-4-15)11-14-7-16(19)21-17(20)8-14/h7-8,12-13,15H,3-6,9-11H2,1-2H3. The number of amides is 1. The molecule has 1 aromatic rings. The number of morpholine rings is 1. The van der Waals surface area contributed by atoms with Crippen LogP contribution >= 0.6 is 23.2 Å². The number of pyridine rings is 1. The minimum atomic E-state index is 0.119. The number of hydrogen-bond donors (Lipinski definition) is 0. The van der Waals surface area contributed by atoms with Gasteiger partial charge in [0.05, 0.1) is 12.2 Å². The third-order valence-corrected chi connectivity index (χ3v) is 5.28. The van der Waals surface area contributed by atoms with E-state index in [4.69, 9.17) is 27.9 Å². The monoisotopic (exact) mass is 385 g/mol. The van der Waals surface area contributed by atoms with E-state index in [1.165, 1.54) is 0 Å². The molecule has 0 aromatic carbocycles. The SMILES string of the molecule is CC1CN(C(=O)C2CCN(Cc3cc(Cl)nc(Cl)c3)CC2)CC(C)O1. The molecular weight excluding hydrogens is 361 g/mol. The van der Waals surface area contributed by atoms with Crippen molar-refractivity contribution in [2.75, 3.05) is 26.2 Å². The zero-order valence-electron chi connectivity index (χ0n) is 14.8. The Kier molecular flexibility index (Phi) is 6.21. The van der Waals surface area contributed by atoms with Gasteiger partial charge >= 0.3 is 0 Å². The highest BCUT2D eigenvalue weighted by Crippen LogP contribution is 2.24. The number of carbonyl (C=O) groups excluding carboxylic acids is 1. The predicted octanol–water partition coefficient (Wildman–Crippen LogP) is 3.24. The molecule has 2 aliphatic rings. The van der Waals surface area contributed by atoms with Gasteiger partial charge in [-0.15, -0.1) is 0 Å². The number of halogens is 2. The summed E-state index contributed by atoms with van der Waals surface area (Å²) in [4.78, 5) is 21.1. The lowest BCUT2D eigenvalue weighted by atomic mass is 9.94. The van der Waals surface area contributed by atoms with Gasteiger partial charge in [0.1, 0.15) is 10.3 Å². The average molecular weight is 386 g/mol. The van der Waals surface area contributed by atoms with Crippen molar-refractivity contribution in [2.45, 2.75) is 45.4 Å². The third kappa shape index (κ3) is 5.07. The van der Waals surface area contributed by atoms with Crippen molar-refractivity contribution in [3.63, 3.8) is 0 Å². The van der Waals surface area contributed by atoms with Gasteiger partial charge in [0.2, 0.25) is 5.91 Å². The van der Waals surface area contributed by atoms with Crippen LogP contribution < -0.4 is 0 Å². The summed E-state index contributed by atoms with van der Waals surface area (Å²) in [7, 11) is 0. The van der Waals surface area contributed by atoms with E-state index in [9.17, 15) is 4.79 Å². The van der Waals surface area contributed by atoms with Gasteiger partial charge in [0.15, 0.2) is 0 Å². The molecule has 2 unspecified atom stereocenters. The van der Waals surface area contributed by atoms with Crippen molar-refractivity contribution < 1.29 is 9.53 Å². The molecule has 0 spiro atoms. The minimum Gasteiger partial charge on any atom is -0.372 e. The molecule has 2 saturated heterocycles. The molecule has 25 heavy (non-hydrogen) atoms. The van der Waals surface area contributed by atoms with Crippen LogP contribution in [0.1, 0.15) is 32.3 Å². The summed E-state index contributed by atoms with van der Waals surface area (Å²) in [5.41, 5.74) is 1.06. The molecule has 5 nitrogen and oxygen atoms in total. The van der Waals surface area contributed by atoms with Gasteiger partial charge in [-0.3, -0.25) is 9.69 Å². The van der Waals surface area contributed by atoms with E-state index in [1.807, 2.05) is 30.9 Å². The maximum absolute atomic E-state index is 12.8. The molecular formula is C18H25Cl2N3O2. The molecule has 2 fully saturated rings. The summed E-state index contributed by atoms with van der Waals surface area (Å²) < 4.78 is 5.73. The lowest BCUT2D eigenvalue weighted by molar-refractivity contribution is -0.148. The Morgan fingerprint density at radius 1 is 1.16 bits per heavy atom. The molecule has 0 N–H and O–H groups in total. The number of ether oxygens (including phenoxy) is 1. The van der Waals surface area contributed by atoms with E-state index in [-0.39, 0.29) is 24.0 Å². The van der Waals surface area contributed by atoms with Crippen molar-refractivity contribution in [1.29, 1.82) is 0 Å². The second kappa shape index (κ2) is 8.21. The largest absolute Gasteiger partial charge is 0.372 e. The van der Waals surface area contributed by atoms with Crippen molar-refractivity contribution in [1.82, 2.24) is 14.8 Å². The van der Waals surface area contributed by atoms with Crippen LogP contribution in [0.3, 0.4) is 0 Å². The van der Waals surface area contributed by atoms with Crippen molar-refractivity contribution in [2.24, 2.45) is 5.92 Å². The number of carbonyl (C=O) groups is 1. The molecule has 1 aromatic heterocycles. The number of likely N-dealkylation sites (tertiary alicyclic amines) is 1. The van der Waals surface area contributed by atoms with E-state index in [0.29, 0.717) is 23.4 Å². The van der Waals surface area contributed by atoms with Crippen LogP contribution in [0, 0.1) is 5.92 Å². The molecule has 0 radical (unpaired) electrons. The first-order chi connectivity index (χ1) is 11.9. The Hall–Kier alpha value is -0.880. The minimum absolute atomic E-state index is 0.119. The van der Waals surface area contributed by atoms with E-state index in [0.717, 1.165) is 38.0 Å². The Morgan fingerprint density at radius 2 is 1.72 bits per heavy atom. The zero-order valence-corrected chi connectivity index (χ0v) is 16.3. The van der Waals surface area contributed by atoms with Crippen LogP contribution in [0.5, 0.6) is 0 Å². The summed E-state index contributed by atoms with van der Waals surface area (Å²) in [5, 5.41) is 0.839. The molecule has 0 saturated carbocycles. The predicted molar refractivity (Wildman–Crippen MR) is 98.8 cm³/mol. The van der Waals surface area contributed by atoms with Gasteiger partial charge in [0, 0.05) is 25.6 Å². The Balaban J connectivity index is 1.52. The van der Waals surface area contributed by atoms with Crippen LogP contribution in [0.4, 0.5) is 0 Å². The van der Waals surface area contributed by atoms with Gasteiger partial charge < -0.3 is 9.64 Å². The summed E-state index contributed by atoms with van der Waals surface area (Å²) in [6, 6.07) is 3.70. The fourth-order valence-corrected chi connectivity index (χ4v) is 4.32. The first-order valence-electron chi connectivity index (χ1n) is 8.89. The van der Waals surface area contributed by atoms with Crippen LogP contribution in [-0.2, 0) is 16.1 Å². The highest BCUT2D eigenvalue weighted by atomic mass is 35.5. The number of nitrogens with zero attached hydrogens (tertiary/aromatic N) is 3. The highest BCUT2D eigenvalue weighted by Gasteiger charge is 2.32. The van der Waals surface area contributed by atoms with E-state index in [1.54, 1.807) is 0 Å². The summed E-state index contributed by atoms with van der Waals surface area (Å²) in [6.45, 7) is 8.07. The van der Waals surface area contributed by atoms with Gasteiger partial charge in [-0.05, 0) is 57.5 Å². The molecule has 2 atom stereocenters.